The van der Waals surface area contributed by atoms with Crippen molar-refractivity contribution in [3.63, 3.8) is 0 Å². The second-order valence-corrected chi connectivity index (χ2v) is 5.95. The van der Waals surface area contributed by atoms with Crippen LogP contribution in [0.1, 0.15) is 12.8 Å². The summed E-state index contributed by atoms with van der Waals surface area (Å²) in [6.07, 6.45) is -5.10. The first kappa shape index (κ1) is 19.3. The number of nitrogens with one attached hydrogen (secondary N) is 1. The standard InChI is InChI=1S/C15H15ClF4N2O3/c16-11-7-10(17)1-2-12(11)21-13(23)9-3-5-22(6-4-9)14(24)25-8-15(18,19)20/h1-2,7,9H,3-6,8H2,(H,21,23). The fraction of sp³-hybridized carbons (Fsp3) is 0.467. The van der Waals surface area contributed by atoms with Gasteiger partial charge in [-0.2, -0.15) is 13.2 Å². The van der Waals surface area contributed by atoms with Gasteiger partial charge in [0.25, 0.3) is 0 Å². The third-order valence-corrected chi connectivity index (χ3v) is 3.98. The van der Waals surface area contributed by atoms with Crippen molar-refractivity contribution < 1.29 is 31.9 Å². The van der Waals surface area contributed by atoms with Crippen LogP contribution in [0, 0.1) is 11.7 Å². The lowest BCUT2D eigenvalue weighted by atomic mass is 9.96. The maximum absolute atomic E-state index is 13.0. The van der Waals surface area contributed by atoms with Crippen molar-refractivity contribution >= 4 is 29.3 Å². The molecule has 2 amide bonds. The Bertz CT molecular complexity index is 646. The van der Waals surface area contributed by atoms with E-state index in [1.165, 1.54) is 6.07 Å². The van der Waals surface area contributed by atoms with Crippen LogP contribution < -0.4 is 5.32 Å². The van der Waals surface area contributed by atoms with Crippen molar-refractivity contribution in [3.05, 3.63) is 29.0 Å². The van der Waals surface area contributed by atoms with Crippen molar-refractivity contribution in [1.82, 2.24) is 4.90 Å². The molecule has 0 spiro atoms. The molecule has 1 N–H and O–H groups in total. The summed E-state index contributed by atoms with van der Waals surface area (Å²) in [4.78, 5) is 24.9. The number of halogens is 5. The van der Waals surface area contributed by atoms with Gasteiger partial charge in [0.1, 0.15) is 5.82 Å². The molecule has 0 aromatic heterocycles. The van der Waals surface area contributed by atoms with Crippen LogP contribution in [-0.2, 0) is 9.53 Å². The predicted molar refractivity (Wildman–Crippen MR) is 81.7 cm³/mol. The SMILES string of the molecule is O=C(Nc1ccc(F)cc1Cl)C1CCN(C(=O)OCC(F)(F)F)CC1. The van der Waals surface area contributed by atoms with Gasteiger partial charge in [-0.05, 0) is 31.0 Å². The Kier molecular flexibility index (Phi) is 6.10. The lowest BCUT2D eigenvalue weighted by molar-refractivity contribution is -0.162. The number of anilines is 1. The summed E-state index contributed by atoms with van der Waals surface area (Å²) in [6.45, 7) is -1.44. The highest BCUT2D eigenvalue weighted by molar-refractivity contribution is 6.33. The first-order chi connectivity index (χ1) is 11.7. The van der Waals surface area contributed by atoms with Crippen LogP contribution in [0.2, 0.25) is 5.02 Å². The highest BCUT2D eigenvalue weighted by atomic mass is 35.5. The summed E-state index contributed by atoms with van der Waals surface area (Å²) in [5.41, 5.74) is 0.264. The fourth-order valence-electron chi connectivity index (χ4n) is 2.38. The zero-order valence-electron chi connectivity index (χ0n) is 12.9. The van der Waals surface area contributed by atoms with E-state index >= 15 is 0 Å². The number of benzene rings is 1. The number of carbonyl (C=O) groups excluding carboxylic acids is 2. The Hall–Kier alpha value is -2.03. The van der Waals surface area contributed by atoms with E-state index in [9.17, 15) is 27.2 Å². The van der Waals surface area contributed by atoms with Gasteiger partial charge in [0, 0.05) is 19.0 Å². The summed E-state index contributed by atoms with van der Waals surface area (Å²) in [6, 6.07) is 3.55. The molecule has 25 heavy (non-hydrogen) atoms. The average Bonchev–Trinajstić information content (AvgIpc) is 2.54. The van der Waals surface area contributed by atoms with Gasteiger partial charge in [-0.1, -0.05) is 11.6 Å². The third kappa shape index (κ3) is 5.77. The van der Waals surface area contributed by atoms with Gasteiger partial charge in [-0.25, -0.2) is 9.18 Å². The summed E-state index contributed by atoms with van der Waals surface area (Å²) in [7, 11) is 0. The Morgan fingerprint density at radius 3 is 2.48 bits per heavy atom. The van der Waals surface area contributed by atoms with Crippen LogP contribution in [-0.4, -0.2) is 42.8 Å². The molecule has 1 aliphatic heterocycles. The van der Waals surface area contributed by atoms with Gasteiger partial charge in [0.15, 0.2) is 6.61 Å². The Labute approximate surface area is 145 Å². The van der Waals surface area contributed by atoms with Crippen molar-refractivity contribution in [2.24, 2.45) is 5.92 Å². The minimum Gasteiger partial charge on any atom is -0.440 e. The molecule has 1 aromatic rings. The van der Waals surface area contributed by atoms with Crippen molar-refractivity contribution in [1.29, 1.82) is 0 Å². The summed E-state index contributed by atoms with van der Waals surface area (Å²) in [5, 5.41) is 2.63. The van der Waals surface area contributed by atoms with Gasteiger partial charge in [-0.15, -0.1) is 0 Å². The minimum atomic E-state index is -4.58. The van der Waals surface area contributed by atoms with Gasteiger partial charge >= 0.3 is 12.3 Å². The maximum atomic E-state index is 13.0. The summed E-state index contributed by atoms with van der Waals surface area (Å²) < 4.78 is 53.2. The molecule has 0 saturated carbocycles. The molecule has 10 heteroatoms. The van der Waals surface area contributed by atoms with E-state index in [1.54, 1.807) is 0 Å². The van der Waals surface area contributed by atoms with Crippen LogP contribution in [0.25, 0.3) is 0 Å². The molecule has 138 valence electrons. The van der Waals surface area contributed by atoms with Crippen LogP contribution in [0.5, 0.6) is 0 Å². The van der Waals surface area contributed by atoms with Gasteiger partial charge in [0.2, 0.25) is 5.91 Å². The minimum absolute atomic E-state index is 0.0570. The molecule has 0 bridgehead atoms. The Balaban J connectivity index is 1.83. The van der Waals surface area contributed by atoms with E-state index in [0.29, 0.717) is 0 Å². The largest absolute Gasteiger partial charge is 0.440 e. The Morgan fingerprint density at radius 1 is 1.28 bits per heavy atom. The number of amides is 2. The zero-order chi connectivity index (χ0) is 18.6. The second kappa shape index (κ2) is 7.90. The van der Waals surface area contributed by atoms with E-state index < -0.39 is 30.6 Å². The van der Waals surface area contributed by atoms with Crippen LogP contribution in [0.4, 0.5) is 28.0 Å². The topological polar surface area (TPSA) is 58.6 Å². The highest BCUT2D eigenvalue weighted by Gasteiger charge is 2.33. The number of likely N-dealkylation sites (tertiary alicyclic amines) is 1. The van der Waals surface area contributed by atoms with E-state index in [0.717, 1.165) is 17.0 Å². The van der Waals surface area contributed by atoms with Crippen molar-refractivity contribution in [2.45, 2.75) is 19.0 Å². The number of ether oxygens (including phenoxy) is 1. The molecule has 2 rings (SSSR count). The molecule has 0 aliphatic carbocycles. The summed E-state index contributed by atoms with van der Waals surface area (Å²) in [5.74, 6) is -1.32. The number of rotatable bonds is 3. The lowest BCUT2D eigenvalue weighted by Crippen LogP contribution is -2.42. The third-order valence-electron chi connectivity index (χ3n) is 3.67. The maximum Gasteiger partial charge on any atom is 0.422 e. The smallest absolute Gasteiger partial charge is 0.422 e. The van der Waals surface area contributed by atoms with E-state index in [1.807, 2.05) is 0 Å². The van der Waals surface area contributed by atoms with Crippen LogP contribution >= 0.6 is 11.6 Å². The normalized spacial score (nSPS) is 15.8. The Morgan fingerprint density at radius 2 is 1.92 bits per heavy atom. The van der Waals surface area contributed by atoms with Crippen molar-refractivity contribution in [2.75, 3.05) is 25.0 Å². The number of piperidine rings is 1. The van der Waals surface area contributed by atoms with Gasteiger partial charge < -0.3 is 15.0 Å². The summed E-state index contributed by atoms with van der Waals surface area (Å²) >= 11 is 5.83. The molecule has 1 aliphatic rings. The van der Waals surface area contributed by atoms with Gasteiger partial charge in [0.05, 0.1) is 10.7 Å². The number of carbonyl (C=O) groups is 2. The first-order valence-electron chi connectivity index (χ1n) is 7.40. The molecule has 5 nitrogen and oxygen atoms in total. The average molecular weight is 383 g/mol. The van der Waals surface area contributed by atoms with E-state index in [4.69, 9.17) is 11.6 Å². The van der Waals surface area contributed by atoms with E-state index in [2.05, 4.69) is 10.1 Å². The monoisotopic (exact) mass is 382 g/mol. The molecule has 0 radical (unpaired) electrons. The highest BCUT2D eigenvalue weighted by Crippen LogP contribution is 2.25. The molecule has 1 aromatic carbocycles. The molecule has 0 atom stereocenters. The quantitative estimate of drug-likeness (QED) is 0.808. The molecular weight excluding hydrogens is 368 g/mol. The second-order valence-electron chi connectivity index (χ2n) is 5.54. The number of hydrogen-bond acceptors (Lipinski definition) is 3. The number of nitrogens with zero attached hydrogens (tertiary/aromatic N) is 1. The van der Waals surface area contributed by atoms with Crippen LogP contribution in [0.15, 0.2) is 18.2 Å². The number of hydrogen-bond donors (Lipinski definition) is 1. The molecular formula is C15H15ClF4N2O3. The zero-order valence-corrected chi connectivity index (χ0v) is 13.7. The number of alkyl halides is 3. The fourth-order valence-corrected chi connectivity index (χ4v) is 2.60. The molecule has 1 heterocycles. The molecule has 1 fully saturated rings. The lowest BCUT2D eigenvalue weighted by Gasteiger charge is -2.30. The van der Waals surface area contributed by atoms with Crippen molar-refractivity contribution in [3.8, 4) is 0 Å². The van der Waals surface area contributed by atoms with E-state index in [-0.39, 0.29) is 42.5 Å². The predicted octanol–water partition coefficient (Wildman–Crippen LogP) is 3.83. The first-order valence-corrected chi connectivity index (χ1v) is 7.78. The molecule has 0 unspecified atom stereocenters. The van der Waals surface area contributed by atoms with Gasteiger partial charge in [-0.3, -0.25) is 4.79 Å². The van der Waals surface area contributed by atoms with Crippen LogP contribution in [0.3, 0.4) is 0 Å². The molecule has 1 saturated heterocycles.